The van der Waals surface area contributed by atoms with Crippen LogP contribution in [0.1, 0.15) is 28.1 Å². The van der Waals surface area contributed by atoms with Gasteiger partial charge in [-0.1, -0.05) is 36.4 Å². The van der Waals surface area contributed by atoms with E-state index in [9.17, 15) is 4.79 Å². The van der Waals surface area contributed by atoms with Crippen LogP contribution in [0, 0.1) is 13.8 Å². The molecule has 5 nitrogen and oxygen atoms in total. The number of aromatic nitrogens is 3. The Hall–Kier alpha value is -3.18. The van der Waals surface area contributed by atoms with Crippen molar-refractivity contribution in [2.75, 3.05) is 0 Å². The monoisotopic (exact) mass is 400 g/mol. The molecule has 0 atom stereocenters. The predicted octanol–water partition coefficient (Wildman–Crippen LogP) is 4.09. The Balaban J connectivity index is 1.69. The first kappa shape index (κ1) is 20.1. The van der Waals surface area contributed by atoms with Crippen molar-refractivity contribution in [3.63, 3.8) is 0 Å². The van der Waals surface area contributed by atoms with Crippen LogP contribution in [0.25, 0.3) is 11.0 Å². The Bertz CT molecular complexity index is 1240. The molecule has 5 heteroatoms. The fraction of sp³-hybridized carbons (Fsp3) is 0.280. The number of hydrogen-bond donors (Lipinski definition) is 0. The SMILES string of the molecule is Cc1cccc(CN(Cc2ccccc2)Cc2cc3c(cc2C)n(C)c(=O)n3C)n1. The van der Waals surface area contributed by atoms with Gasteiger partial charge in [0.15, 0.2) is 0 Å². The third-order valence-corrected chi connectivity index (χ3v) is 5.70. The van der Waals surface area contributed by atoms with E-state index in [-0.39, 0.29) is 5.69 Å². The van der Waals surface area contributed by atoms with E-state index in [1.54, 1.807) is 9.13 Å². The summed E-state index contributed by atoms with van der Waals surface area (Å²) in [4.78, 5) is 19.5. The Morgan fingerprint density at radius 3 is 2.23 bits per heavy atom. The van der Waals surface area contributed by atoms with E-state index in [4.69, 9.17) is 4.98 Å². The van der Waals surface area contributed by atoms with Gasteiger partial charge in [-0.25, -0.2) is 4.79 Å². The van der Waals surface area contributed by atoms with E-state index in [2.05, 4.69) is 60.4 Å². The Labute approximate surface area is 177 Å². The fourth-order valence-electron chi connectivity index (χ4n) is 4.03. The Morgan fingerprint density at radius 2 is 1.53 bits per heavy atom. The van der Waals surface area contributed by atoms with E-state index in [0.29, 0.717) is 0 Å². The van der Waals surface area contributed by atoms with Crippen molar-refractivity contribution < 1.29 is 0 Å². The van der Waals surface area contributed by atoms with Crippen LogP contribution in [-0.2, 0) is 33.7 Å². The van der Waals surface area contributed by atoms with Gasteiger partial charge in [0, 0.05) is 39.4 Å². The van der Waals surface area contributed by atoms with Crippen molar-refractivity contribution in [3.8, 4) is 0 Å². The topological polar surface area (TPSA) is 43.1 Å². The number of pyridine rings is 1. The van der Waals surface area contributed by atoms with Crippen LogP contribution >= 0.6 is 0 Å². The van der Waals surface area contributed by atoms with Gasteiger partial charge in [-0.15, -0.1) is 0 Å². The van der Waals surface area contributed by atoms with Crippen LogP contribution in [0.2, 0.25) is 0 Å². The molecule has 2 aromatic carbocycles. The summed E-state index contributed by atoms with van der Waals surface area (Å²) in [6.45, 7) is 6.54. The average molecular weight is 401 g/mol. The highest BCUT2D eigenvalue weighted by atomic mass is 16.1. The zero-order valence-corrected chi connectivity index (χ0v) is 18.1. The molecule has 0 aliphatic heterocycles. The molecule has 0 amide bonds. The minimum atomic E-state index is 0.00616. The van der Waals surface area contributed by atoms with Gasteiger partial charge in [0.2, 0.25) is 0 Å². The maximum atomic E-state index is 12.4. The van der Waals surface area contributed by atoms with Crippen LogP contribution in [0.3, 0.4) is 0 Å². The number of rotatable bonds is 6. The lowest BCUT2D eigenvalue weighted by Gasteiger charge is -2.23. The molecule has 0 saturated carbocycles. The summed E-state index contributed by atoms with van der Waals surface area (Å²) >= 11 is 0. The third-order valence-electron chi connectivity index (χ3n) is 5.70. The lowest BCUT2D eigenvalue weighted by molar-refractivity contribution is 0.244. The molecule has 154 valence electrons. The van der Waals surface area contributed by atoms with Crippen molar-refractivity contribution in [1.29, 1.82) is 0 Å². The molecule has 0 saturated heterocycles. The summed E-state index contributed by atoms with van der Waals surface area (Å²) in [6, 6.07) is 21.0. The molecular formula is C25H28N4O. The first-order chi connectivity index (χ1) is 14.4. The van der Waals surface area contributed by atoms with Gasteiger partial charge in [-0.05, 0) is 54.8 Å². The molecule has 0 N–H and O–H groups in total. The van der Waals surface area contributed by atoms with Crippen molar-refractivity contribution >= 4 is 11.0 Å². The Kier molecular flexibility index (Phi) is 5.55. The normalized spacial score (nSPS) is 11.5. The molecule has 0 spiro atoms. The summed E-state index contributed by atoms with van der Waals surface area (Å²) < 4.78 is 3.44. The second-order valence-electron chi connectivity index (χ2n) is 8.07. The first-order valence-electron chi connectivity index (χ1n) is 10.3. The molecule has 30 heavy (non-hydrogen) atoms. The molecule has 4 aromatic rings. The van der Waals surface area contributed by atoms with Gasteiger partial charge < -0.3 is 0 Å². The Morgan fingerprint density at radius 1 is 0.833 bits per heavy atom. The molecule has 0 aliphatic rings. The second-order valence-corrected chi connectivity index (χ2v) is 8.07. The van der Waals surface area contributed by atoms with Gasteiger partial charge in [-0.3, -0.25) is 19.0 Å². The maximum absolute atomic E-state index is 12.4. The van der Waals surface area contributed by atoms with E-state index in [1.165, 1.54) is 16.7 Å². The van der Waals surface area contributed by atoms with Gasteiger partial charge in [-0.2, -0.15) is 0 Å². The summed E-state index contributed by atoms with van der Waals surface area (Å²) in [5, 5.41) is 0. The first-order valence-corrected chi connectivity index (χ1v) is 10.3. The average Bonchev–Trinajstić information content (AvgIpc) is 2.93. The molecule has 0 fully saturated rings. The minimum Gasteiger partial charge on any atom is -0.295 e. The van der Waals surface area contributed by atoms with Gasteiger partial charge in [0.05, 0.1) is 16.7 Å². The van der Waals surface area contributed by atoms with Crippen molar-refractivity contribution in [3.05, 3.63) is 99.2 Å². The lowest BCUT2D eigenvalue weighted by atomic mass is 10.1. The largest absolute Gasteiger partial charge is 0.328 e. The van der Waals surface area contributed by atoms with E-state index < -0.39 is 0 Å². The molecule has 2 heterocycles. The van der Waals surface area contributed by atoms with E-state index in [0.717, 1.165) is 42.1 Å². The highest BCUT2D eigenvalue weighted by Gasteiger charge is 2.15. The lowest BCUT2D eigenvalue weighted by Crippen LogP contribution is -2.23. The highest BCUT2D eigenvalue weighted by Crippen LogP contribution is 2.22. The third kappa shape index (κ3) is 4.07. The number of fused-ring (bicyclic) bond motifs is 1. The fourth-order valence-corrected chi connectivity index (χ4v) is 4.03. The summed E-state index contributed by atoms with van der Waals surface area (Å²) in [6.07, 6.45) is 0. The maximum Gasteiger partial charge on any atom is 0.328 e. The zero-order valence-electron chi connectivity index (χ0n) is 18.1. The van der Waals surface area contributed by atoms with Crippen molar-refractivity contribution in [1.82, 2.24) is 19.0 Å². The van der Waals surface area contributed by atoms with E-state index in [1.807, 2.05) is 33.2 Å². The molecule has 0 aliphatic carbocycles. The van der Waals surface area contributed by atoms with Crippen LogP contribution in [-0.4, -0.2) is 19.0 Å². The molecular weight excluding hydrogens is 372 g/mol. The van der Waals surface area contributed by atoms with Crippen molar-refractivity contribution in [2.45, 2.75) is 33.5 Å². The van der Waals surface area contributed by atoms with Crippen LogP contribution in [0.5, 0.6) is 0 Å². The number of aryl methyl sites for hydroxylation is 4. The van der Waals surface area contributed by atoms with Gasteiger partial charge in [0.25, 0.3) is 0 Å². The standard InChI is InChI=1S/C25H28N4O/c1-18-13-23-24(28(4)25(30)27(23)3)14-21(18)16-29(15-20-10-6-5-7-11-20)17-22-12-8-9-19(2)26-22/h5-14H,15-17H2,1-4H3. The number of imidazole rings is 1. The molecule has 0 radical (unpaired) electrons. The minimum absolute atomic E-state index is 0.00616. The van der Waals surface area contributed by atoms with Crippen LogP contribution < -0.4 is 5.69 Å². The molecule has 0 bridgehead atoms. The smallest absolute Gasteiger partial charge is 0.295 e. The van der Waals surface area contributed by atoms with E-state index >= 15 is 0 Å². The van der Waals surface area contributed by atoms with Gasteiger partial charge >= 0.3 is 5.69 Å². The quantitative estimate of drug-likeness (QED) is 0.490. The van der Waals surface area contributed by atoms with Gasteiger partial charge in [0.1, 0.15) is 0 Å². The highest BCUT2D eigenvalue weighted by molar-refractivity contribution is 5.78. The molecule has 0 unspecified atom stereocenters. The zero-order chi connectivity index (χ0) is 21.3. The van der Waals surface area contributed by atoms with Crippen LogP contribution in [0.4, 0.5) is 0 Å². The number of nitrogens with zero attached hydrogens (tertiary/aromatic N) is 4. The summed E-state index contributed by atoms with van der Waals surface area (Å²) in [5.74, 6) is 0. The van der Waals surface area contributed by atoms with Crippen LogP contribution in [0.15, 0.2) is 65.5 Å². The molecule has 4 rings (SSSR count). The summed E-state index contributed by atoms with van der Waals surface area (Å²) in [5.41, 5.74) is 7.74. The predicted molar refractivity (Wildman–Crippen MR) is 121 cm³/mol. The summed E-state index contributed by atoms with van der Waals surface area (Å²) in [7, 11) is 3.66. The van der Waals surface area contributed by atoms with Crippen molar-refractivity contribution in [2.24, 2.45) is 14.1 Å². The second kappa shape index (κ2) is 8.28. The number of benzene rings is 2. The molecule has 2 aromatic heterocycles. The number of hydrogen-bond acceptors (Lipinski definition) is 3.